The van der Waals surface area contributed by atoms with Gasteiger partial charge in [0.15, 0.2) is 0 Å². The minimum Gasteiger partial charge on any atom is -0.467 e. The monoisotopic (exact) mass is 373 g/mol. The minimum atomic E-state index is -0.689. The van der Waals surface area contributed by atoms with Crippen molar-refractivity contribution in [1.29, 1.82) is 0 Å². The zero-order valence-electron chi connectivity index (χ0n) is 12.8. The molecule has 0 heterocycles. The van der Waals surface area contributed by atoms with Gasteiger partial charge in [-0.3, -0.25) is 0 Å². The molecule has 1 aromatic carbocycles. The standard InChI is InChI=1S/C16H21BrClNO2/c1-10-8-15(2,3)9-16(10,14(20)21-4)19-11-5-6-13(18)12(17)7-11/h5-7,10,19H,8-9H2,1-4H3. The molecule has 0 amide bonds. The van der Waals surface area contributed by atoms with Crippen molar-refractivity contribution in [2.45, 2.75) is 39.2 Å². The molecule has 3 nitrogen and oxygen atoms in total. The lowest BCUT2D eigenvalue weighted by Gasteiger charge is -2.33. The van der Waals surface area contributed by atoms with Crippen molar-refractivity contribution in [2.75, 3.05) is 12.4 Å². The van der Waals surface area contributed by atoms with Crippen LogP contribution in [0.1, 0.15) is 33.6 Å². The second-order valence-corrected chi connectivity index (χ2v) is 7.92. The Bertz CT molecular complexity index is 561. The highest BCUT2D eigenvalue weighted by molar-refractivity contribution is 9.10. The van der Waals surface area contributed by atoms with Gasteiger partial charge in [-0.1, -0.05) is 32.4 Å². The largest absolute Gasteiger partial charge is 0.467 e. The van der Waals surface area contributed by atoms with E-state index < -0.39 is 5.54 Å². The van der Waals surface area contributed by atoms with E-state index in [0.29, 0.717) is 5.02 Å². The van der Waals surface area contributed by atoms with Gasteiger partial charge in [0.2, 0.25) is 0 Å². The number of ether oxygens (including phenoxy) is 1. The molecule has 1 saturated carbocycles. The number of benzene rings is 1. The molecule has 5 heteroatoms. The first-order chi connectivity index (χ1) is 9.70. The Morgan fingerprint density at radius 3 is 2.62 bits per heavy atom. The average Bonchev–Trinajstić information content (AvgIpc) is 2.63. The first kappa shape index (κ1) is 16.6. The summed E-state index contributed by atoms with van der Waals surface area (Å²) in [5.74, 6) is -0.0129. The molecule has 116 valence electrons. The van der Waals surface area contributed by atoms with Gasteiger partial charge in [0.25, 0.3) is 0 Å². The van der Waals surface area contributed by atoms with E-state index in [0.717, 1.165) is 23.0 Å². The highest BCUT2D eigenvalue weighted by Gasteiger charge is 2.54. The van der Waals surface area contributed by atoms with Crippen molar-refractivity contribution in [3.63, 3.8) is 0 Å². The maximum atomic E-state index is 12.5. The summed E-state index contributed by atoms with van der Waals surface area (Å²) < 4.78 is 5.89. The molecule has 0 radical (unpaired) electrons. The number of carbonyl (C=O) groups is 1. The summed E-state index contributed by atoms with van der Waals surface area (Å²) >= 11 is 9.45. The van der Waals surface area contributed by atoms with Crippen LogP contribution in [0.3, 0.4) is 0 Å². The number of nitrogens with one attached hydrogen (secondary N) is 1. The van der Waals surface area contributed by atoms with Crippen molar-refractivity contribution in [3.05, 3.63) is 27.7 Å². The molecule has 1 N–H and O–H groups in total. The number of carbonyl (C=O) groups excluding carboxylic acids is 1. The van der Waals surface area contributed by atoms with Crippen LogP contribution in [-0.2, 0) is 9.53 Å². The van der Waals surface area contributed by atoms with Gasteiger partial charge in [-0.05, 0) is 58.3 Å². The lowest BCUT2D eigenvalue weighted by atomic mass is 9.86. The van der Waals surface area contributed by atoms with Gasteiger partial charge < -0.3 is 10.1 Å². The molecular formula is C16H21BrClNO2. The topological polar surface area (TPSA) is 38.3 Å². The summed E-state index contributed by atoms with van der Waals surface area (Å²) in [6, 6.07) is 5.59. The van der Waals surface area contributed by atoms with Gasteiger partial charge in [-0.25, -0.2) is 4.79 Å². The molecule has 1 aliphatic carbocycles. The quantitative estimate of drug-likeness (QED) is 0.766. The molecule has 0 aliphatic heterocycles. The van der Waals surface area contributed by atoms with E-state index in [2.05, 4.69) is 42.0 Å². The third-order valence-electron chi connectivity index (χ3n) is 4.29. The maximum absolute atomic E-state index is 12.5. The zero-order valence-corrected chi connectivity index (χ0v) is 15.1. The average molecular weight is 375 g/mol. The van der Waals surface area contributed by atoms with Crippen LogP contribution in [-0.4, -0.2) is 18.6 Å². The summed E-state index contributed by atoms with van der Waals surface area (Å²) in [5.41, 5.74) is 0.275. The van der Waals surface area contributed by atoms with Gasteiger partial charge in [0.05, 0.1) is 12.1 Å². The Hall–Kier alpha value is -0.740. The number of anilines is 1. The molecule has 2 rings (SSSR count). The second kappa shape index (κ2) is 5.81. The Balaban J connectivity index is 2.38. The predicted octanol–water partition coefficient (Wildman–Crippen LogP) is 4.88. The summed E-state index contributed by atoms with van der Waals surface area (Å²) in [4.78, 5) is 12.5. The maximum Gasteiger partial charge on any atom is 0.331 e. The van der Waals surface area contributed by atoms with Crippen LogP contribution in [0.4, 0.5) is 5.69 Å². The van der Waals surface area contributed by atoms with Crippen LogP contribution in [0.15, 0.2) is 22.7 Å². The van der Waals surface area contributed by atoms with E-state index in [1.165, 1.54) is 7.11 Å². The number of methoxy groups -OCH3 is 1. The van der Waals surface area contributed by atoms with Gasteiger partial charge in [-0.15, -0.1) is 0 Å². The molecule has 1 fully saturated rings. The first-order valence-electron chi connectivity index (χ1n) is 7.02. The molecule has 0 saturated heterocycles. The van der Waals surface area contributed by atoms with E-state index in [1.54, 1.807) is 0 Å². The summed E-state index contributed by atoms with van der Waals surface area (Å²) in [6.07, 6.45) is 1.72. The van der Waals surface area contributed by atoms with Crippen molar-refractivity contribution in [1.82, 2.24) is 0 Å². The van der Waals surface area contributed by atoms with Gasteiger partial charge in [0, 0.05) is 10.2 Å². The molecular weight excluding hydrogens is 354 g/mol. The van der Waals surface area contributed by atoms with Crippen molar-refractivity contribution >= 4 is 39.2 Å². The van der Waals surface area contributed by atoms with Crippen LogP contribution in [0.2, 0.25) is 5.02 Å². The number of esters is 1. The molecule has 0 aromatic heterocycles. The summed E-state index contributed by atoms with van der Waals surface area (Å²) in [5, 5.41) is 4.06. The minimum absolute atomic E-state index is 0.101. The number of rotatable bonds is 3. The number of hydrogen-bond donors (Lipinski definition) is 1. The van der Waals surface area contributed by atoms with E-state index in [-0.39, 0.29) is 17.3 Å². The summed E-state index contributed by atoms with van der Waals surface area (Å²) in [7, 11) is 1.45. The fourth-order valence-electron chi connectivity index (χ4n) is 3.51. The Kier molecular flexibility index (Phi) is 4.60. The van der Waals surface area contributed by atoms with Crippen molar-refractivity contribution < 1.29 is 9.53 Å². The Morgan fingerprint density at radius 2 is 2.14 bits per heavy atom. The molecule has 2 unspecified atom stereocenters. The van der Waals surface area contributed by atoms with E-state index >= 15 is 0 Å². The number of halogens is 2. The molecule has 21 heavy (non-hydrogen) atoms. The van der Waals surface area contributed by atoms with Gasteiger partial charge >= 0.3 is 5.97 Å². The van der Waals surface area contributed by atoms with E-state index in [4.69, 9.17) is 16.3 Å². The zero-order chi connectivity index (χ0) is 15.8. The molecule has 1 aromatic rings. The van der Waals surface area contributed by atoms with Gasteiger partial charge in [-0.2, -0.15) is 0 Å². The predicted molar refractivity (Wildman–Crippen MR) is 89.7 cm³/mol. The van der Waals surface area contributed by atoms with Gasteiger partial charge in [0.1, 0.15) is 5.54 Å². The van der Waals surface area contributed by atoms with Crippen LogP contribution < -0.4 is 5.32 Å². The van der Waals surface area contributed by atoms with E-state index in [1.807, 2.05) is 18.2 Å². The third-order valence-corrected chi connectivity index (χ3v) is 5.51. The smallest absolute Gasteiger partial charge is 0.331 e. The fourth-order valence-corrected chi connectivity index (χ4v) is 4.01. The lowest BCUT2D eigenvalue weighted by molar-refractivity contribution is -0.147. The molecule has 0 spiro atoms. The first-order valence-corrected chi connectivity index (χ1v) is 8.19. The molecule has 0 bridgehead atoms. The van der Waals surface area contributed by atoms with Crippen LogP contribution in [0.25, 0.3) is 0 Å². The molecule has 2 atom stereocenters. The molecule has 1 aliphatic rings. The second-order valence-electron chi connectivity index (χ2n) is 6.66. The third kappa shape index (κ3) is 3.21. The summed E-state index contributed by atoms with van der Waals surface area (Å²) in [6.45, 7) is 6.48. The van der Waals surface area contributed by atoms with Crippen LogP contribution >= 0.6 is 27.5 Å². The van der Waals surface area contributed by atoms with E-state index in [9.17, 15) is 4.79 Å². The Morgan fingerprint density at radius 1 is 1.48 bits per heavy atom. The highest BCUT2D eigenvalue weighted by Crippen LogP contribution is 2.49. The van der Waals surface area contributed by atoms with Crippen molar-refractivity contribution in [3.8, 4) is 0 Å². The lowest BCUT2D eigenvalue weighted by Crippen LogP contribution is -2.49. The normalized spacial score (nSPS) is 27.4. The Labute approximate surface area is 139 Å². The van der Waals surface area contributed by atoms with Crippen LogP contribution in [0, 0.1) is 11.3 Å². The highest BCUT2D eigenvalue weighted by atomic mass is 79.9. The van der Waals surface area contributed by atoms with Crippen molar-refractivity contribution in [2.24, 2.45) is 11.3 Å². The van der Waals surface area contributed by atoms with Crippen LogP contribution in [0.5, 0.6) is 0 Å². The number of hydrogen-bond acceptors (Lipinski definition) is 3. The SMILES string of the molecule is COC(=O)C1(Nc2ccc(Cl)c(Br)c2)CC(C)(C)CC1C. The fraction of sp³-hybridized carbons (Fsp3) is 0.562.